The Kier molecular flexibility index (Phi) is 6.77. The van der Waals surface area contributed by atoms with Gasteiger partial charge in [-0.25, -0.2) is 0 Å². The molecule has 0 radical (unpaired) electrons. The second-order valence-electron chi connectivity index (χ2n) is 5.68. The molecule has 1 N–H and O–H groups in total. The fourth-order valence-electron chi connectivity index (χ4n) is 2.23. The number of ether oxygens (including phenoxy) is 1. The number of amides is 1. The van der Waals surface area contributed by atoms with Crippen molar-refractivity contribution in [1.29, 1.82) is 0 Å². The molecule has 0 aliphatic rings. The Hall–Kier alpha value is -1.69. The van der Waals surface area contributed by atoms with Crippen molar-refractivity contribution < 1.29 is 9.53 Å². The Bertz CT molecular complexity index is 584. The van der Waals surface area contributed by atoms with Gasteiger partial charge < -0.3 is 15.0 Å². The summed E-state index contributed by atoms with van der Waals surface area (Å²) in [6, 6.07) is 14.2. The fraction of sp³-hybridized carbons (Fsp3) is 0.389. The zero-order valence-electron chi connectivity index (χ0n) is 13.9. The molecule has 2 rings (SSSR count). The van der Waals surface area contributed by atoms with Gasteiger partial charge in [0.2, 0.25) is 5.91 Å². The van der Waals surface area contributed by atoms with E-state index in [0.29, 0.717) is 13.2 Å². The average Bonchev–Trinajstić information content (AvgIpc) is 3.07. The quantitative estimate of drug-likeness (QED) is 0.808. The lowest BCUT2D eigenvalue weighted by Gasteiger charge is -2.24. The lowest BCUT2D eigenvalue weighted by molar-refractivity contribution is -0.132. The van der Waals surface area contributed by atoms with Gasteiger partial charge in [0.05, 0.1) is 12.6 Å². The van der Waals surface area contributed by atoms with Gasteiger partial charge in [-0.2, -0.15) is 0 Å². The molecule has 0 bridgehead atoms. The van der Waals surface area contributed by atoms with Gasteiger partial charge in [-0.3, -0.25) is 4.79 Å². The largest absolute Gasteiger partial charge is 0.364 e. The van der Waals surface area contributed by atoms with Crippen molar-refractivity contribution >= 4 is 17.2 Å². The first kappa shape index (κ1) is 17.7. The van der Waals surface area contributed by atoms with Crippen LogP contribution in [-0.2, 0) is 16.1 Å². The molecule has 0 aliphatic carbocycles. The van der Waals surface area contributed by atoms with Crippen LogP contribution in [0.15, 0.2) is 47.8 Å². The predicted molar refractivity (Wildman–Crippen MR) is 94.4 cm³/mol. The second-order valence-corrected chi connectivity index (χ2v) is 6.66. The second kappa shape index (κ2) is 8.82. The van der Waals surface area contributed by atoms with E-state index in [9.17, 15) is 4.79 Å². The number of thiophene rings is 1. The molecule has 0 saturated heterocycles. The van der Waals surface area contributed by atoms with E-state index in [-0.39, 0.29) is 11.9 Å². The van der Waals surface area contributed by atoms with Crippen LogP contribution < -0.4 is 5.32 Å². The molecule has 1 heterocycles. The number of benzene rings is 1. The molecule has 5 heteroatoms. The van der Waals surface area contributed by atoms with Crippen LogP contribution >= 0.6 is 11.3 Å². The predicted octanol–water partition coefficient (Wildman–Crippen LogP) is 3.07. The van der Waals surface area contributed by atoms with Crippen molar-refractivity contribution in [2.75, 3.05) is 20.6 Å². The van der Waals surface area contributed by atoms with E-state index in [1.807, 2.05) is 50.5 Å². The third kappa shape index (κ3) is 5.46. The maximum absolute atomic E-state index is 12.2. The standard InChI is InChI=1S/C18H24N2O2S/c1-14(22-13-15-8-5-4-6-9-15)18(21)19-12-16(20(2)3)17-10-7-11-23-17/h4-11,14,16H,12-13H2,1-3H3,(H,19,21)/t14-,16+/m0/s1. The highest BCUT2D eigenvalue weighted by Gasteiger charge is 2.19. The first-order valence-corrected chi connectivity index (χ1v) is 8.59. The molecule has 0 spiro atoms. The zero-order valence-corrected chi connectivity index (χ0v) is 14.7. The van der Waals surface area contributed by atoms with Gasteiger partial charge >= 0.3 is 0 Å². The number of hydrogen-bond acceptors (Lipinski definition) is 4. The molecule has 0 saturated carbocycles. The normalized spacial score (nSPS) is 13.7. The Morgan fingerprint density at radius 2 is 1.96 bits per heavy atom. The fourth-order valence-corrected chi connectivity index (χ4v) is 3.15. The highest BCUT2D eigenvalue weighted by molar-refractivity contribution is 7.10. The molecular weight excluding hydrogens is 308 g/mol. The smallest absolute Gasteiger partial charge is 0.248 e. The van der Waals surface area contributed by atoms with Gasteiger partial charge in [0.1, 0.15) is 6.10 Å². The molecule has 0 unspecified atom stereocenters. The van der Waals surface area contributed by atoms with Crippen molar-refractivity contribution in [2.45, 2.75) is 25.7 Å². The molecule has 0 aliphatic heterocycles. The monoisotopic (exact) mass is 332 g/mol. The molecule has 1 aromatic heterocycles. The molecule has 23 heavy (non-hydrogen) atoms. The molecule has 2 atom stereocenters. The van der Waals surface area contributed by atoms with Gasteiger partial charge in [0.25, 0.3) is 0 Å². The summed E-state index contributed by atoms with van der Waals surface area (Å²) in [7, 11) is 4.04. The number of rotatable bonds is 8. The SMILES string of the molecule is C[C@H](OCc1ccccc1)C(=O)NC[C@H](c1cccs1)N(C)C. The summed E-state index contributed by atoms with van der Waals surface area (Å²) in [6.45, 7) is 2.80. The van der Waals surface area contributed by atoms with Crippen molar-refractivity contribution in [1.82, 2.24) is 10.2 Å². The van der Waals surface area contributed by atoms with Gasteiger partial charge in [-0.15, -0.1) is 11.3 Å². The van der Waals surface area contributed by atoms with Crippen molar-refractivity contribution in [2.24, 2.45) is 0 Å². The van der Waals surface area contributed by atoms with E-state index in [4.69, 9.17) is 4.74 Å². The van der Waals surface area contributed by atoms with Crippen molar-refractivity contribution in [3.05, 3.63) is 58.3 Å². The summed E-state index contributed by atoms with van der Waals surface area (Å²) >= 11 is 1.70. The summed E-state index contributed by atoms with van der Waals surface area (Å²) in [5.74, 6) is -0.0793. The van der Waals surface area contributed by atoms with Gasteiger partial charge in [0, 0.05) is 11.4 Å². The highest BCUT2D eigenvalue weighted by atomic mass is 32.1. The van der Waals surface area contributed by atoms with E-state index in [0.717, 1.165) is 5.56 Å². The van der Waals surface area contributed by atoms with Crippen LogP contribution in [-0.4, -0.2) is 37.6 Å². The minimum atomic E-state index is -0.471. The molecular formula is C18H24N2O2S. The van der Waals surface area contributed by atoms with Gasteiger partial charge in [-0.1, -0.05) is 36.4 Å². The third-order valence-electron chi connectivity index (χ3n) is 3.68. The van der Waals surface area contributed by atoms with Gasteiger partial charge in [-0.05, 0) is 38.0 Å². The van der Waals surface area contributed by atoms with Crippen LogP contribution in [0.2, 0.25) is 0 Å². The zero-order chi connectivity index (χ0) is 16.7. The lowest BCUT2D eigenvalue weighted by atomic mass is 10.2. The first-order valence-electron chi connectivity index (χ1n) is 7.71. The molecule has 2 aromatic rings. The van der Waals surface area contributed by atoms with Gasteiger partial charge in [0.15, 0.2) is 0 Å². The lowest BCUT2D eigenvalue weighted by Crippen LogP contribution is -2.39. The van der Waals surface area contributed by atoms with Crippen molar-refractivity contribution in [3.8, 4) is 0 Å². The molecule has 1 amide bonds. The molecule has 4 nitrogen and oxygen atoms in total. The van der Waals surface area contributed by atoms with Crippen LogP contribution in [0.1, 0.15) is 23.4 Å². The summed E-state index contributed by atoms with van der Waals surface area (Å²) in [5, 5.41) is 5.04. The van der Waals surface area contributed by atoms with Crippen LogP contribution in [0.5, 0.6) is 0 Å². The van der Waals surface area contributed by atoms with E-state index < -0.39 is 6.10 Å². The highest BCUT2D eigenvalue weighted by Crippen LogP contribution is 2.22. The van der Waals surface area contributed by atoms with E-state index in [2.05, 4.69) is 21.7 Å². The van der Waals surface area contributed by atoms with E-state index >= 15 is 0 Å². The average molecular weight is 332 g/mol. The molecule has 1 aromatic carbocycles. The number of hydrogen-bond donors (Lipinski definition) is 1. The minimum absolute atomic E-state index is 0.0793. The number of carbonyl (C=O) groups excluding carboxylic acids is 1. The Balaban J connectivity index is 1.81. The van der Waals surface area contributed by atoms with Crippen molar-refractivity contribution in [3.63, 3.8) is 0 Å². The summed E-state index contributed by atoms with van der Waals surface area (Å²) in [4.78, 5) is 15.6. The summed E-state index contributed by atoms with van der Waals surface area (Å²) in [6.07, 6.45) is -0.471. The van der Waals surface area contributed by atoms with E-state index in [1.54, 1.807) is 18.3 Å². The Morgan fingerprint density at radius 1 is 1.22 bits per heavy atom. The van der Waals surface area contributed by atoms with Crippen LogP contribution in [0.25, 0.3) is 0 Å². The topological polar surface area (TPSA) is 41.6 Å². The van der Waals surface area contributed by atoms with Crippen LogP contribution in [0, 0.1) is 0 Å². The Labute approximate surface area is 142 Å². The number of carbonyl (C=O) groups is 1. The molecule has 124 valence electrons. The number of likely N-dealkylation sites (N-methyl/N-ethyl adjacent to an activating group) is 1. The van der Waals surface area contributed by atoms with Crippen LogP contribution in [0.4, 0.5) is 0 Å². The third-order valence-corrected chi connectivity index (χ3v) is 4.65. The molecule has 0 fully saturated rings. The first-order chi connectivity index (χ1) is 11.1. The Morgan fingerprint density at radius 3 is 2.57 bits per heavy atom. The minimum Gasteiger partial charge on any atom is -0.364 e. The summed E-state index contributed by atoms with van der Waals surface area (Å²) < 4.78 is 5.65. The number of nitrogens with one attached hydrogen (secondary N) is 1. The summed E-state index contributed by atoms with van der Waals surface area (Å²) in [5.41, 5.74) is 1.07. The van der Waals surface area contributed by atoms with Crippen LogP contribution in [0.3, 0.4) is 0 Å². The maximum atomic E-state index is 12.2. The number of nitrogens with zero attached hydrogens (tertiary/aromatic N) is 1. The van der Waals surface area contributed by atoms with E-state index in [1.165, 1.54) is 4.88 Å². The maximum Gasteiger partial charge on any atom is 0.248 e.